The van der Waals surface area contributed by atoms with Crippen LogP contribution in [0.25, 0.3) is 0 Å². The van der Waals surface area contributed by atoms with Gasteiger partial charge in [0.25, 0.3) is 0 Å². The Bertz CT molecular complexity index is 1140. The van der Waals surface area contributed by atoms with Gasteiger partial charge in [0.15, 0.2) is 0 Å². The van der Waals surface area contributed by atoms with Crippen LogP contribution in [0.4, 0.5) is 11.5 Å². The number of pyridine rings is 2. The van der Waals surface area contributed by atoms with Crippen LogP contribution in [0.5, 0.6) is 0 Å². The highest BCUT2D eigenvalue weighted by molar-refractivity contribution is 5.84. The number of rotatable bonds is 8. The van der Waals surface area contributed by atoms with Gasteiger partial charge >= 0.3 is 0 Å². The maximum Gasteiger partial charge on any atom is 0.139 e. The van der Waals surface area contributed by atoms with Crippen LogP contribution in [0.2, 0.25) is 0 Å². The molecule has 0 fully saturated rings. The van der Waals surface area contributed by atoms with Crippen molar-refractivity contribution in [1.29, 1.82) is 5.26 Å². The van der Waals surface area contributed by atoms with E-state index in [0.29, 0.717) is 13.0 Å². The molecule has 0 N–H and O–H groups in total. The molecule has 6 nitrogen and oxygen atoms in total. The first-order chi connectivity index (χ1) is 16.2. The van der Waals surface area contributed by atoms with Crippen LogP contribution in [0.15, 0.2) is 96.1 Å². The van der Waals surface area contributed by atoms with Crippen molar-refractivity contribution in [3.8, 4) is 6.07 Å². The molecule has 2 aromatic heterocycles. The Morgan fingerprint density at radius 1 is 1.24 bits per heavy atom. The molecule has 2 aromatic rings. The molecule has 6 heteroatoms. The number of nitriles is 1. The molecule has 0 saturated carbocycles. The Morgan fingerprint density at radius 2 is 2.09 bits per heavy atom. The van der Waals surface area contributed by atoms with Gasteiger partial charge < -0.3 is 9.80 Å². The maximum absolute atomic E-state index is 9.01. The molecule has 0 saturated heterocycles. The molecule has 166 valence electrons. The summed E-state index contributed by atoms with van der Waals surface area (Å²) in [7, 11) is 0. The zero-order valence-corrected chi connectivity index (χ0v) is 19.0. The van der Waals surface area contributed by atoms with Crippen LogP contribution in [0, 0.1) is 17.2 Å². The van der Waals surface area contributed by atoms with Gasteiger partial charge in [0.2, 0.25) is 0 Å². The average Bonchev–Trinajstić information content (AvgIpc) is 3.29. The molecule has 4 rings (SSSR count). The summed E-state index contributed by atoms with van der Waals surface area (Å²) in [6, 6.07) is 10.6. The minimum absolute atomic E-state index is 0.120. The van der Waals surface area contributed by atoms with E-state index in [4.69, 9.17) is 10.2 Å². The lowest BCUT2D eigenvalue weighted by molar-refractivity contribution is 0.730. The van der Waals surface area contributed by atoms with E-state index >= 15 is 0 Å². The molecule has 0 amide bonds. The standard InChI is InChI=1S/C27H28N6/c1-3-23(13-12-21(2)14-15-28)32(24-9-7-16-29-18-24)19-22-8-6-17-30-27(22)33-20-31-25-10-4-5-11-26(25)33/h3-13,16-18,20-21,25-26H,14,19H2,1-2H3/b13-12-,23-3+. The van der Waals surface area contributed by atoms with Crippen molar-refractivity contribution in [2.45, 2.75) is 38.9 Å². The molecule has 33 heavy (non-hydrogen) atoms. The lowest BCUT2D eigenvalue weighted by Gasteiger charge is -2.30. The Balaban J connectivity index is 1.67. The summed E-state index contributed by atoms with van der Waals surface area (Å²) in [5, 5.41) is 9.01. The number of aliphatic imine (C=N–C) groups is 1. The summed E-state index contributed by atoms with van der Waals surface area (Å²) in [6.45, 7) is 4.70. The van der Waals surface area contributed by atoms with Crippen LogP contribution >= 0.6 is 0 Å². The summed E-state index contributed by atoms with van der Waals surface area (Å²) >= 11 is 0. The van der Waals surface area contributed by atoms with Gasteiger partial charge in [0.1, 0.15) is 5.82 Å². The van der Waals surface area contributed by atoms with E-state index in [9.17, 15) is 0 Å². The minimum Gasteiger partial charge on any atom is -0.336 e. The van der Waals surface area contributed by atoms with E-state index in [2.05, 4.69) is 81.4 Å². The maximum atomic E-state index is 9.01. The highest BCUT2D eigenvalue weighted by Gasteiger charge is 2.31. The van der Waals surface area contributed by atoms with Crippen molar-refractivity contribution in [2.24, 2.45) is 10.9 Å². The predicted octanol–water partition coefficient (Wildman–Crippen LogP) is 5.20. The molecular weight excluding hydrogens is 408 g/mol. The third-order valence-corrected chi connectivity index (χ3v) is 5.78. The van der Waals surface area contributed by atoms with Gasteiger partial charge in [-0.05, 0) is 37.1 Å². The number of hydrogen-bond donors (Lipinski definition) is 0. The van der Waals surface area contributed by atoms with Crippen molar-refractivity contribution >= 4 is 17.8 Å². The number of nitrogens with zero attached hydrogens (tertiary/aromatic N) is 6. The normalized spacial score (nSPS) is 20.2. The van der Waals surface area contributed by atoms with Gasteiger partial charge in [-0.1, -0.05) is 49.4 Å². The molecule has 1 aliphatic heterocycles. The Labute approximate surface area is 195 Å². The number of anilines is 2. The predicted molar refractivity (Wildman–Crippen MR) is 134 cm³/mol. The van der Waals surface area contributed by atoms with Crippen LogP contribution < -0.4 is 9.80 Å². The number of aromatic nitrogens is 2. The average molecular weight is 437 g/mol. The number of hydrogen-bond acceptors (Lipinski definition) is 6. The Morgan fingerprint density at radius 3 is 2.88 bits per heavy atom. The summed E-state index contributed by atoms with van der Waals surface area (Å²) < 4.78 is 0. The number of allylic oxidation sites excluding steroid dienone is 5. The second kappa shape index (κ2) is 10.6. The van der Waals surface area contributed by atoms with E-state index in [1.807, 2.05) is 43.9 Å². The van der Waals surface area contributed by atoms with Crippen LogP contribution in [0.1, 0.15) is 25.8 Å². The first kappa shape index (κ1) is 22.2. The molecule has 0 bridgehead atoms. The highest BCUT2D eigenvalue weighted by Crippen LogP contribution is 2.30. The molecule has 3 unspecified atom stereocenters. The fraction of sp³-hybridized carbons (Fsp3) is 0.259. The Kier molecular flexibility index (Phi) is 7.11. The van der Waals surface area contributed by atoms with Crippen molar-refractivity contribution < 1.29 is 0 Å². The van der Waals surface area contributed by atoms with Crippen molar-refractivity contribution in [1.82, 2.24) is 9.97 Å². The topological polar surface area (TPSA) is 68.4 Å². The van der Waals surface area contributed by atoms with Gasteiger partial charge in [-0.15, -0.1) is 0 Å². The second-order valence-corrected chi connectivity index (χ2v) is 8.12. The third kappa shape index (κ3) is 5.09. The van der Waals surface area contributed by atoms with Gasteiger partial charge in [-0.2, -0.15) is 5.26 Å². The number of fused-ring (bicyclic) bond motifs is 1. The van der Waals surface area contributed by atoms with E-state index in [0.717, 1.165) is 22.8 Å². The van der Waals surface area contributed by atoms with Gasteiger partial charge in [-0.3, -0.25) is 9.98 Å². The molecule has 0 spiro atoms. The van der Waals surface area contributed by atoms with E-state index in [-0.39, 0.29) is 18.0 Å². The molecule has 3 atom stereocenters. The third-order valence-electron chi connectivity index (χ3n) is 5.78. The summed E-state index contributed by atoms with van der Waals surface area (Å²) in [5.41, 5.74) is 3.12. The lowest BCUT2D eigenvalue weighted by atomic mass is 10.0. The first-order valence-corrected chi connectivity index (χ1v) is 11.2. The van der Waals surface area contributed by atoms with Crippen LogP contribution in [0.3, 0.4) is 0 Å². The highest BCUT2D eigenvalue weighted by atomic mass is 15.3. The minimum atomic E-state index is 0.120. The first-order valence-electron chi connectivity index (χ1n) is 11.2. The molecule has 2 aliphatic rings. The van der Waals surface area contributed by atoms with Crippen LogP contribution in [-0.4, -0.2) is 28.4 Å². The summed E-state index contributed by atoms with van der Waals surface area (Å²) in [6.07, 6.45) is 22.5. The Hall–Kier alpha value is -3.98. The lowest BCUT2D eigenvalue weighted by Crippen LogP contribution is -2.36. The summed E-state index contributed by atoms with van der Waals surface area (Å²) in [5.74, 6) is 1.08. The largest absolute Gasteiger partial charge is 0.336 e. The molecular formula is C27H28N6. The molecule has 0 radical (unpaired) electrons. The van der Waals surface area contributed by atoms with E-state index in [1.54, 1.807) is 6.20 Å². The smallest absolute Gasteiger partial charge is 0.139 e. The van der Waals surface area contributed by atoms with Crippen molar-refractivity contribution in [2.75, 3.05) is 9.80 Å². The van der Waals surface area contributed by atoms with Gasteiger partial charge in [-0.25, -0.2) is 4.98 Å². The molecule has 3 heterocycles. The fourth-order valence-corrected chi connectivity index (χ4v) is 4.02. The van der Waals surface area contributed by atoms with Gasteiger partial charge in [0.05, 0.1) is 42.9 Å². The fourth-order valence-electron chi connectivity index (χ4n) is 4.02. The van der Waals surface area contributed by atoms with Gasteiger partial charge in [0, 0.05) is 30.1 Å². The zero-order valence-electron chi connectivity index (χ0n) is 19.0. The van der Waals surface area contributed by atoms with E-state index < -0.39 is 0 Å². The molecule has 0 aromatic carbocycles. The monoisotopic (exact) mass is 436 g/mol. The van der Waals surface area contributed by atoms with E-state index in [1.165, 1.54) is 0 Å². The SMILES string of the molecule is C/C=C(\C=C/C(C)CC#N)N(Cc1cccnc1N1C=NC2C=CC=CC21)c1cccnc1. The van der Waals surface area contributed by atoms with Crippen molar-refractivity contribution in [3.05, 3.63) is 96.6 Å². The zero-order chi connectivity index (χ0) is 23.0. The van der Waals surface area contributed by atoms with Crippen molar-refractivity contribution in [3.63, 3.8) is 0 Å². The molecule has 1 aliphatic carbocycles. The quantitative estimate of drug-likeness (QED) is 0.532. The second-order valence-electron chi connectivity index (χ2n) is 8.12. The van der Waals surface area contributed by atoms with Crippen LogP contribution in [-0.2, 0) is 6.54 Å². The summed E-state index contributed by atoms with van der Waals surface area (Å²) in [4.78, 5) is 18.1.